The highest BCUT2D eigenvalue weighted by atomic mass is 32.2. The molecule has 3 amide bonds. The van der Waals surface area contributed by atoms with Crippen LogP contribution in [0.3, 0.4) is 0 Å². The zero-order valence-corrected chi connectivity index (χ0v) is 20.4. The molecule has 1 heterocycles. The first-order chi connectivity index (χ1) is 15.8. The van der Waals surface area contributed by atoms with E-state index in [1.807, 2.05) is 56.9 Å². The van der Waals surface area contributed by atoms with Crippen molar-refractivity contribution in [3.8, 4) is 6.07 Å². The molecule has 2 aliphatic rings. The first-order valence-corrected chi connectivity index (χ1v) is 12.5. The fraction of sp³-hybridized carbons (Fsp3) is 0.583. The van der Waals surface area contributed by atoms with E-state index >= 15 is 0 Å². The minimum absolute atomic E-state index is 0.0312. The highest BCUT2D eigenvalue weighted by Crippen LogP contribution is 2.55. The highest BCUT2D eigenvalue weighted by molar-refractivity contribution is 8.00. The van der Waals surface area contributed by atoms with E-state index < -0.39 is 5.92 Å². The quantitative estimate of drug-likeness (QED) is 0.483. The Balaban J connectivity index is 1.60. The van der Waals surface area contributed by atoms with Gasteiger partial charge in [-0.05, 0) is 32.0 Å². The van der Waals surface area contributed by atoms with Crippen molar-refractivity contribution in [3.63, 3.8) is 0 Å². The van der Waals surface area contributed by atoms with Gasteiger partial charge in [-0.3, -0.25) is 14.4 Å². The molecule has 1 aliphatic carbocycles. The summed E-state index contributed by atoms with van der Waals surface area (Å²) in [4.78, 5) is 39.0. The zero-order valence-electron chi connectivity index (χ0n) is 19.6. The van der Waals surface area contributed by atoms with Crippen molar-refractivity contribution < 1.29 is 14.4 Å². The molecule has 2 fully saturated rings. The predicted octanol–water partition coefficient (Wildman–Crippen LogP) is 2.89. The van der Waals surface area contributed by atoms with Crippen LogP contribution in [0, 0.1) is 35.0 Å². The number of nitriles is 1. The van der Waals surface area contributed by atoms with Gasteiger partial charge in [-0.25, -0.2) is 0 Å². The fourth-order valence-electron chi connectivity index (χ4n) is 4.17. The van der Waals surface area contributed by atoms with E-state index in [1.54, 1.807) is 11.8 Å². The molecule has 3 rings (SSSR count). The van der Waals surface area contributed by atoms with Crippen LogP contribution in [0.4, 0.5) is 11.4 Å². The Kier molecular flexibility index (Phi) is 8.25. The standard InChI is InChI=1S/C24H33N5O3S/c1-5-26-23(31)15(12-25)10-19-29(6-2)24(32)20-18(21(20)33-19)13-27-16-8-7-9-17(11-16)28-22(30)14(3)4/h7-9,11,14-15,18-21,27H,5-6,10,13H2,1-4H3,(H,26,31)(H,28,30). The Morgan fingerprint density at radius 3 is 2.58 bits per heavy atom. The van der Waals surface area contributed by atoms with E-state index in [-0.39, 0.29) is 46.1 Å². The number of hydrogen-bond donors (Lipinski definition) is 3. The van der Waals surface area contributed by atoms with Crippen LogP contribution in [-0.2, 0) is 14.4 Å². The number of nitrogens with one attached hydrogen (secondary N) is 3. The lowest BCUT2D eigenvalue weighted by atomic mass is 10.1. The maximum absolute atomic E-state index is 13.1. The van der Waals surface area contributed by atoms with Crippen molar-refractivity contribution >= 4 is 40.9 Å². The van der Waals surface area contributed by atoms with E-state index in [0.29, 0.717) is 26.1 Å². The number of carbonyl (C=O) groups is 3. The third kappa shape index (κ3) is 5.80. The molecule has 1 saturated heterocycles. The van der Waals surface area contributed by atoms with Crippen molar-refractivity contribution in [1.29, 1.82) is 5.26 Å². The summed E-state index contributed by atoms with van der Waals surface area (Å²) in [6, 6.07) is 9.67. The average Bonchev–Trinajstić information content (AvgIpc) is 3.49. The summed E-state index contributed by atoms with van der Waals surface area (Å²) in [5, 5.41) is 18.5. The van der Waals surface area contributed by atoms with E-state index in [2.05, 4.69) is 22.0 Å². The number of benzene rings is 1. The van der Waals surface area contributed by atoms with Crippen LogP contribution in [0.25, 0.3) is 0 Å². The number of rotatable bonds is 10. The number of thioether (sulfide) groups is 1. The summed E-state index contributed by atoms with van der Waals surface area (Å²) in [6.07, 6.45) is 0.341. The smallest absolute Gasteiger partial charge is 0.237 e. The topological polar surface area (TPSA) is 114 Å². The number of fused-ring (bicyclic) bond motifs is 1. The molecule has 5 atom stereocenters. The molecule has 1 aliphatic heterocycles. The Morgan fingerprint density at radius 2 is 1.94 bits per heavy atom. The second-order valence-electron chi connectivity index (χ2n) is 8.79. The number of hydrogen-bond acceptors (Lipinski definition) is 6. The van der Waals surface area contributed by atoms with Gasteiger partial charge in [0.2, 0.25) is 17.7 Å². The first kappa shape index (κ1) is 24.9. The first-order valence-electron chi connectivity index (χ1n) is 11.6. The second kappa shape index (κ2) is 10.9. The molecule has 3 N–H and O–H groups in total. The molecule has 1 saturated carbocycles. The summed E-state index contributed by atoms with van der Waals surface area (Å²) in [5.41, 5.74) is 1.63. The second-order valence-corrected chi connectivity index (χ2v) is 10.1. The lowest BCUT2D eigenvalue weighted by Crippen LogP contribution is -2.45. The van der Waals surface area contributed by atoms with Gasteiger partial charge in [-0.1, -0.05) is 19.9 Å². The predicted molar refractivity (Wildman–Crippen MR) is 130 cm³/mol. The largest absolute Gasteiger partial charge is 0.385 e. The SMILES string of the molecule is CCNC(=O)C(C#N)CC1SC2C(CNc3cccc(NC(=O)C(C)C)c3)C2C(=O)N1CC. The maximum atomic E-state index is 13.1. The zero-order chi connectivity index (χ0) is 24.1. The van der Waals surface area contributed by atoms with Gasteiger partial charge >= 0.3 is 0 Å². The minimum Gasteiger partial charge on any atom is -0.385 e. The van der Waals surface area contributed by atoms with E-state index in [1.165, 1.54) is 0 Å². The number of amides is 3. The normalized spacial score (nSPS) is 24.5. The molecular weight excluding hydrogens is 438 g/mol. The average molecular weight is 472 g/mol. The van der Waals surface area contributed by atoms with Crippen molar-refractivity contribution in [2.45, 2.75) is 44.7 Å². The van der Waals surface area contributed by atoms with Gasteiger partial charge in [0.05, 0.1) is 17.4 Å². The summed E-state index contributed by atoms with van der Waals surface area (Å²) in [5.74, 6) is -0.889. The van der Waals surface area contributed by atoms with Crippen LogP contribution in [-0.4, -0.2) is 52.9 Å². The lowest BCUT2D eigenvalue weighted by Gasteiger charge is -2.34. The van der Waals surface area contributed by atoms with Crippen LogP contribution in [0.2, 0.25) is 0 Å². The van der Waals surface area contributed by atoms with E-state index in [4.69, 9.17) is 0 Å². The molecule has 178 valence electrons. The van der Waals surface area contributed by atoms with Crippen molar-refractivity contribution in [3.05, 3.63) is 24.3 Å². The number of anilines is 2. The molecule has 0 radical (unpaired) electrons. The molecule has 0 aromatic heterocycles. The lowest BCUT2D eigenvalue weighted by molar-refractivity contribution is -0.134. The van der Waals surface area contributed by atoms with Crippen molar-refractivity contribution in [1.82, 2.24) is 10.2 Å². The summed E-state index contributed by atoms with van der Waals surface area (Å²) in [6.45, 7) is 9.15. The van der Waals surface area contributed by atoms with Crippen LogP contribution >= 0.6 is 11.8 Å². The molecule has 1 aromatic rings. The molecule has 0 bridgehead atoms. The molecule has 33 heavy (non-hydrogen) atoms. The van der Waals surface area contributed by atoms with Gasteiger partial charge in [-0.15, -0.1) is 11.8 Å². The molecule has 5 unspecified atom stereocenters. The molecule has 0 spiro atoms. The summed E-state index contributed by atoms with van der Waals surface area (Å²) in [7, 11) is 0. The van der Waals surface area contributed by atoms with Gasteiger partial charge in [0.25, 0.3) is 0 Å². The monoisotopic (exact) mass is 471 g/mol. The molecule has 1 aromatic carbocycles. The van der Waals surface area contributed by atoms with Crippen LogP contribution in [0.5, 0.6) is 0 Å². The fourth-order valence-corrected chi connectivity index (χ4v) is 6.10. The van der Waals surface area contributed by atoms with Gasteiger partial charge in [0.1, 0.15) is 5.92 Å². The Labute approximate surface area is 199 Å². The summed E-state index contributed by atoms with van der Waals surface area (Å²) < 4.78 is 0. The van der Waals surface area contributed by atoms with Gasteiger partial charge in [-0.2, -0.15) is 5.26 Å². The Bertz CT molecular complexity index is 931. The van der Waals surface area contributed by atoms with Crippen LogP contribution in [0.15, 0.2) is 24.3 Å². The Morgan fingerprint density at radius 1 is 1.21 bits per heavy atom. The van der Waals surface area contributed by atoms with Gasteiger partial charge < -0.3 is 20.9 Å². The van der Waals surface area contributed by atoms with E-state index in [9.17, 15) is 19.6 Å². The van der Waals surface area contributed by atoms with Gasteiger partial charge in [0.15, 0.2) is 0 Å². The number of nitrogens with zero attached hydrogens (tertiary/aromatic N) is 2. The summed E-state index contributed by atoms with van der Waals surface area (Å²) >= 11 is 1.71. The molecule has 9 heteroatoms. The third-order valence-corrected chi connectivity index (χ3v) is 7.84. The van der Waals surface area contributed by atoms with Crippen molar-refractivity contribution in [2.75, 3.05) is 30.3 Å². The molecule has 8 nitrogen and oxygen atoms in total. The molecular formula is C24H33N5O3S. The van der Waals surface area contributed by atoms with Crippen molar-refractivity contribution in [2.24, 2.45) is 23.7 Å². The number of carbonyl (C=O) groups excluding carboxylic acids is 3. The van der Waals surface area contributed by atoms with E-state index in [0.717, 1.165) is 11.4 Å². The van der Waals surface area contributed by atoms with Crippen LogP contribution < -0.4 is 16.0 Å². The Hall–Kier alpha value is -2.73. The van der Waals surface area contributed by atoms with Crippen LogP contribution in [0.1, 0.15) is 34.1 Å². The maximum Gasteiger partial charge on any atom is 0.237 e. The third-order valence-electron chi connectivity index (χ3n) is 6.12. The minimum atomic E-state index is -0.764. The van der Waals surface area contributed by atoms with Gasteiger partial charge in [0, 0.05) is 54.5 Å². The highest BCUT2D eigenvalue weighted by Gasteiger charge is 2.60.